The Bertz CT molecular complexity index is 489. The molecule has 0 aliphatic heterocycles. The van der Waals surface area contributed by atoms with Crippen LogP contribution in [-0.2, 0) is 10.0 Å². The monoisotopic (exact) mass is 279 g/mol. The first-order chi connectivity index (χ1) is 8.33. The molecule has 102 valence electrons. The van der Waals surface area contributed by atoms with E-state index in [0.29, 0.717) is 0 Å². The van der Waals surface area contributed by atoms with Crippen LogP contribution in [0.5, 0.6) is 5.75 Å². The Balaban J connectivity index is 3.00. The number of hydrogen-bond acceptors (Lipinski definition) is 3. The van der Waals surface area contributed by atoms with E-state index in [4.69, 9.17) is 0 Å². The molecule has 0 bridgehead atoms. The quantitative estimate of drug-likeness (QED) is 0.868. The summed E-state index contributed by atoms with van der Waals surface area (Å²) >= 11 is 0. The lowest BCUT2D eigenvalue weighted by Crippen LogP contribution is -2.28. The SMILES string of the molecule is CC(C)CNS(=O)(=O)c1ccccc1OC(F)F. The topological polar surface area (TPSA) is 55.4 Å². The Hall–Kier alpha value is -1.21. The van der Waals surface area contributed by atoms with E-state index < -0.39 is 16.6 Å². The maximum atomic E-state index is 12.2. The lowest BCUT2D eigenvalue weighted by molar-refractivity contribution is -0.0517. The van der Waals surface area contributed by atoms with Gasteiger partial charge in [-0.2, -0.15) is 8.78 Å². The summed E-state index contributed by atoms with van der Waals surface area (Å²) in [5.74, 6) is -0.244. The van der Waals surface area contributed by atoms with E-state index >= 15 is 0 Å². The minimum absolute atomic E-state index is 0.114. The highest BCUT2D eigenvalue weighted by atomic mass is 32.2. The number of rotatable bonds is 6. The highest BCUT2D eigenvalue weighted by Gasteiger charge is 2.20. The van der Waals surface area contributed by atoms with Crippen molar-refractivity contribution in [1.29, 1.82) is 0 Å². The van der Waals surface area contributed by atoms with Gasteiger partial charge < -0.3 is 4.74 Å². The standard InChI is InChI=1S/C11H15F2NO3S/c1-8(2)7-14-18(15,16)10-6-4-3-5-9(10)17-11(12)13/h3-6,8,11,14H,7H2,1-2H3. The summed E-state index contributed by atoms with van der Waals surface area (Å²) < 4.78 is 54.7. The molecule has 0 spiro atoms. The van der Waals surface area contributed by atoms with Gasteiger partial charge in [0.15, 0.2) is 0 Å². The van der Waals surface area contributed by atoms with Gasteiger partial charge in [-0.15, -0.1) is 0 Å². The molecule has 0 atom stereocenters. The summed E-state index contributed by atoms with van der Waals surface area (Å²) in [6, 6.07) is 5.29. The number of benzene rings is 1. The molecule has 1 aromatic rings. The molecule has 0 aliphatic carbocycles. The van der Waals surface area contributed by atoms with E-state index in [1.54, 1.807) is 0 Å². The Morgan fingerprint density at radius 2 is 1.89 bits per heavy atom. The van der Waals surface area contributed by atoms with Crippen molar-refractivity contribution in [3.63, 3.8) is 0 Å². The van der Waals surface area contributed by atoms with Crippen molar-refractivity contribution in [3.05, 3.63) is 24.3 Å². The largest absolute Gasteiger partial charge is 0.433 e. The van der Waals surface area contributed by atoms with Crippen LogP contribution in [0.3, 0.4) is 0 Å². The zero-order chi connectivity index (χ0) is 13.8. The molecule has 0 aromatic heterocycles. The van der Waals surface area contributed by atoms with E-state index in [9.17, 15) is 17.2 Å². The van der Waals surface area contributed by atoms with Gasteiger partial charge in [-0.05, 0) is 18.1 Å². The van der Waals surface area contributed by atoms with Crippen LogP contribution in [0.2, 0.25) is 0 Å². The van der Waals surface area contributed by atoms with E-state index in [0.717, 1.165) is 0 Å². The zero-order valence-corrected chi connectivity index (χ0v) is 10.9. The van der Waals surface area contributed by atoms with Gasteiger partial charge in [0.25, 0.3) is 0 Å². The van der Waals surface area contributed by atoms with Gasteiger partial charge >= 0.3 is 6.61 Å². The third-order valence-electron chi connectivity index (χ3n) is 2.04. The molecule has 7 heteroatoms. The third kappa shape index (κ3) is 4.23. The van der Waals surface area contributed by atoms with Crippen LogP contribution in [0.25, 0.3) is 0 Å². The Morgan fingerprint density at radius 1 is 1.28 bits per heavy atom. The third-order valence-corrected chi connectivity index (χ3v) is 3.50. The summed E-state index contributed by atoms with van der Waals surface area (Å²) in [6.45, 7) is 0.839. The molecular weight excluding hydrogens is 264 g/mol. The maximum absolute atomic E-state index is 12.2. The Kier molecular flexibility index (Phi) is 5.03. The molecule has 0 saturated heterocycles. The molecule has 0 heterocycles. The highest BCUT2D eigenvalue weighted by molar-refractivity contribution is 7.89. The maximum Gasteiger partial charge on any atom is 0.387 e. The summed E-state index contributed by atoms with van der Waals surface area (Å²) in [5, 5.41) is 0. The molecular formula is C11H15F2NO3S. The summed E-state index contributed by atoms with van der Waals surface area (Å²) in [5.41, 5.74) is 0. The minimum atomic E-state index is -3.84. The summed E-state index contributed by atoms with van der Waals surface area (Å²) in [7, 11) is -3.84. The van der Waals surface area contributed by atoms with Crippen molar-refractivity contribution in [1.82, 2.24) is 4.72 Å². The number of para-hydroxylation sites is 1. The fraction of sp³-hybridized carbons (Fsp3) is 0.455. The molecule has 1 aromatic carbocycles. The van der Waals surface area contributed by atoms with Crippen LogP contribution < -0.4 is 9.46 Å². The van der Waals surface area contributed by atoms with Crippen molar-refractivity contribution < 1.29 is 21.9 Å². The van der Waals surface area contributed by atoms with Crippen LogP contribution in [0.15, 0.2) is 29.2 Å². The molecule has 0 radical (unpaired) electrons. The summed E-state index contributed by atoms with van der Waals surface area (Å²) in [6.07, 6.45) is 0. The zero-order valence-electron chi connectivity index (χ0n) is 10.1. The number of sulfonamides is 1. The lowest BCUT2D eigenvalue weighted by Gasteiger charge is -2.12. The Labute approximate surface area is 105 Å². The second-order valence-electron chi connectivity index (χ2n) is 4.07. The lowest BCUT2D eigenvalue weighted by atomic mass is 10.2. The minimum Gasteiger partial charge on any atom is -0.433 e. The van der Waals surface area contributed by atoms with Gasteiger partial charge in [0.05, 0.1) is 0 Å². The number of halogens is 2. The van der Waals surface area contributed by atoms with Crippen LogP contribution in [0, 0.1) is 5.92 Å². The molecule has 4 nitrogen and oxygen atoms in total. The number of nitrogens with one attached hydrogen (secondary N) is 1. The molecule has 1 N–H and O–H groups in total. The van der Waals surface area contributed by atoms with Crippen molar-refractivity contribution in [2.75, 3.05) is 6.54 Å². The van der Waals surface area contributed by atoms with E-state index in [2.05, 4.69) is 9.46 Å². The second-order valence-corrected chi connectivity index (χ2v) is 5.81. The van der Waals surface area contributed by atoms with Gasteiger partial charge in [-0.3, -0.25) is 0 Å². The summed E-state index contributed by atoms with van der Waals surface area (Å²) in [4.78, 5) is -0.286. The van der Waals surface area contributed by atoms with Crippen LogP contribution in [0.4, 0.5) is 8.78 Å². The average molecular weight is 279 g/mol. The van der Waals surface area contributed by atoms with E-state index in [1.165, 1.54) is 24.3 Å². The first kappa shape index (κ1) is 14.8. The molecule has 1 rings (SSSR count). The first-order valence-corrected chi connectivity index (χ1v) is 6.84. The predicted molar refractivity (Wildman–Crippen MR) is 63.1 cm³/mol. The predicted octanol–water partition coefficient (Wildman–Crippen LogP) is 2.22. The molecule has 0 aliphatic rings. The van der Waals surface area contributed by atoms with Gasteiger partial charge in [-0.25, -0.2) is 13.1 Å². The van der Waals surface area contributed by atoms with Crippen molar-refractivity contribution in [2.45, 2.75) is 25.4 Å². The van der Waals surface area contributed by atoms with Crippen LogP contribution in [-0.4, -0.2) is 21.6 Å². The smallest absolute Gasteiger partial charge is 0.387 e. The fourth-order valence-corrected chi connectivity index (χ4v) is 2.57. The molecule has 0 amide bonds. The Morgan fingerprint density at radius 3 is 2.44 bits per heavy atom. The van der Waals surface area contributed by atoms with Crippen molar-refractivity contribution in [3.8, 4) is 5.75 Å². The van der Waals surface area contributed by atoms with Crippen LogP contribution >= 0.6 is 0 Å². The van der Waals surface area contributed by atoms with Crippen LogP contribution in [0.1, 0.15) is 13.8 Å². The molecule has 0 unspecified atom stereocenters. The molecule has 18 heavy (non-hydrogen) atoms. The van der Waals surface area contributed by atoms with Gasteiger partial charge in [0.2, 0.25) is 10.0 Å². The molecule has 0 saturated carbocycles. The average Bonchev–Trinajstić information content (AvgIpc) is 2.26. The van der Waals surface area contributed by atoms with Crippen molar-refractivity contribution >= 4 is 10.0 Å². The van der Waals surface area contributed by atoms with Gasteiger partial charge in [0.1, 0.15) is 10.6 Å². The number of ether oxygens (including phenoxy) is 1. The van der Waals surface area contributed by atoms with Gasteiger partial charge in [-0.1, -0.05) is 26.0 Å². The fourth-order valence-electron chi connectivity index (χ4n) is 1.22. The number of hydrogen-bond donors (Lipinski definition) is 1. The van der Waals surface area contributed by atoms with Gasteiger partial charge in [0, 0.05) is 6.54 Å². The number of alkyl halides is 2. The normalized spacial score (nSPS) is 12.1. The van der Waals surface area contributed by atoms with E-state index in [1.807, 2.05) is 13.8 Å². The highest BCUT2D eigenvalue weighted by Crippen LogP contribution is 2.24. The van der Waals surface area contributed by atoms with E-state index in [-0.39, 0.29) is 23.1 Å². The van der Waals surface area contributed by atoms with Crippen molar-refractivity contribution in [2.24, 2.45) is 5.92 Å². The molecule has 0 fully saturated rings. The first-order valence-electron chi connectivity index (χ1n) is 5.36. The second kappa shape index (κ2) is 6.10.